The SMILES string of the molecule is COCCC1(c2noc(C3CCOCC3)n2)CCN(C(=O)c2ccco2)CC1. The molecule has 0 saturated carbocycles. The molecule has 0 N–H and O–H groups in total. The molecular formula is C20H27N3O5. The fourth-order valence-corrected chi connectivity index (χ4v) is 4.14. The number of piperidine rings is 1. The number of hydrogen-bond donors (Lipinski definition) is 0. The van der Waals surface area contributed by atoms with Gasteiger partial charge in [-0.15, -0.1) is 0 Å². The molecule has 2 aliphatic heterocycles. The highest BCUT2D eigenvalue weighted by atomic mass is 16.5. The molecule has 0 radical (unpaired) electrons. The molecule has 0 unspecified atom stereocenters. The first-order chi connectivity index (χ1) is 13.7. The van der Waals surface area contributed by atoms with Gasteiger partial charge < -0.3 is 23.3 Å². The van der Waals surface area contributed by atoms with Crippen molar-refractivity contribution in [2.45, 2.75) is 43.4 Å². The first-order valence-corrected chi connectivity index (χ1v) is 9.95. The zero-order valence-corrected chi connectivity index (χ0v) is 16.3. The highest BCUT2D eigenvalue weighted by Gasteiger charge is 2.42. The second-order valence-corrected chi connectivity index (χ2v) is 7.64. The van der Waals surface area contributed by atoms with E-state index in [1.165, 1.54) is 6.26 Å². The van der Waals surface area contributed by atoms with Crippen LogP contribution in [-0.4, -0.2) is 61.0 Å². The van der Waals surface area contributed by atoms with Crippen LogP contribution in [0.5, 0.6) is 0 Å². The molecule has 2 aliphatic rings. The number of rotatable bonds is 6. The highest BCUT2D eigenvalue weighted by molar-refractivity contribution is 5.91. The van der Waals surface area contributed by atoms with Crippen molar-refractivity contribution in [3.63, 3.8) is 0 Å². The van der Waals surface area contributed by atoms with Gasteiger partial charge in [-0.05, 0) is 44.2 Å². The second kappa shape index (κ2) is 8.45. The summed E-state index contributed by atoms with van der Waals surface area (Å²) < 4.78 is 21.7. The van der Waals surface area contributed by atoms with Gasteiger partial charge in [0, 0.05) is 51.4 Å². The van der Waals surface area contributed by atoms with Crippen LogP contribution in [0.25, 0.3) is 0 Å². The van der Waals surface area contributed by atoms with Gasteiger partial charge in [0.05, 0.1) is 6.26 Å². The van der Waals surface area contributed by atoms with E-state index in [2.05, 4.69) is 5.16 Å². The lowest BCUT2D eigenvalue weighted by molar-refractivity contribution is 0.0586. The minimum Gasteiger partial charge on any atom is -0.459 e. The van der Waals surface area contributed by atoms with E-state index in [0.29, 0.717) is 31.3 Å². The summed E-state index contributed by atoms with van der Waals surface area (Å²) in [7, 11) is 1.70. The van der Waals surface area contributed by atoms with Crippen LogP contribution in [0.4, 0.5) is 0 Å². The second-order valence-electron chi connectivity index (χ2n) is 7.64. The quantitative estimate of drug-likeness (QED) is 0.750. The Morgan fingerprint density at radius 3 is 2.79 bits per heavy atom. The maximum absolute atomic E-state index is 12.6. The van der Waals surface area contributed by atoms with Crippen molar-refractivity contribution in [3.8, 4) is 0 Å². The third-order valence-electron chi connectivity index (χ3n) is 6.01. The van der Waals surface area contributed by atoms with Gasteiger partial charge in [-0.2, -0.15) is 4.98 Å². The fourth-order valence-electron chi connectivity index (χ4n) is 4.14. The molecule has 8 nitrogen and oxygen atoms in total. The third kappa shape index (κ3) is 3.84. The van der Waals surface area contributed by atoms with E-state index < -0.39 is 0 Å². The zero-order valence-electron chi connectivity index (χ0n) is 16.3. The van der Waals surface area contributed by atoms with Crippen LogP contribution < -0.4 is 0 Å². The van der Waals surface area contributed by atoms with Crippen molar-refractivity contribution in [1.82, 2.24) is 15.0 Å². The molecule has 28 heavy (non-hydrogen) atoms. The predicted molar refractivity (Wildman–Crippen MR) is 99.1 cm³/mol. The zero-order chi connectivity index (χ0) is 19.4. The van der Waals surface area contributed by atoms with Crippen molar-refractivity contribution in [3.05, 3.63) is 35.9 Å². The fraction of sp³-hybridized carbons (Fsp3) is 0.650. The molecule has 0 aliphatic carbocycles. The number of amides is 1. The van der Waals surface area contributed by atoms with Gasteiger partial charge in [0.1, 0.15) is 0 Å². The summed E-state index contributed by atoms with van der Waals surface area (Å²) >= 11 is 0. The largest absolute Gasteiger partial charge is 0.459 e. The molecule has 2 aromatic heterocycles. The minimum atomic E-state index is -0.233. The van der Waals surface area contributed by atoms with Crippen molar-refractivity contribution in [1.29, 1.82) is 0 Å². The Kier molecular flexibility index (Phi) is 5.77. The number of aromatic nitrogens is 2. The molecule has 2 saturated heterocycles. The van der Waals surface area contributed by atoms with Crippen LogP contribution in [0.1, 0.15) is 60.3 Å². The van der Waals surface area contributed by atoms with Gasteiger partial charge in [0.15, 0.2) is 11.6 Å². The molecule has 152 valence electrons. The predicted octanol–water partition coefficient (Wildman–Crippen LogP) is 2.77. The van der Waals surface area contributed by atoms with Crippen molar-refractivity contribution in [2.75, 3.05) is 40.0 Å². The van der Waals surface area contributed by atoms with Crippen LogP contribution in [0.15, 0.2) is 27.3 Å². The Hall–Kier alpha value is -2.19. The van der Waals surface area contributed by atoms with Gasteiger partial charge in [0.25, 0.3) is 5.91 Å². The summed E-state index contributed by atoms with van der Waals surface area (Å²) in [6.07, 6.45) is 5.71. The number of carbonyl (C=O) groups excluding carboxylic acids is 1. The van der Waals surface area contributed by atoms with Gasteiger partial charge >= 0.3 is 0 Å². The number of furan rings is 1. The Morgan fingerprint density at radius 2 is 2.11 bits per heavy atom. The van der Waals surface area contributed by atoms with Crippen LogP contribution in [-0.2, 0) is 14.9 Å². The van der Waals surface area contributed by atoms with E-state index in [0.717, 1.165) is 51.1 Å². The lowest BCUT2D eigenvalue weighted by atomic mass is 9.75. The first kappa shape index (κ1) is 19.1. The molecule has 2 aromatic rings. The number of nitrogens with zero attached hydrogens (tertiary/aromatic N) is 3. The Labute approximate surface area is 164 Å². The third-order valence-corrected chi connectivity index (χ3v) is 6.01. The van der Waals surface area contributed by atoms with E-state index >= 15 is 0 Å². The molecule has 0 spiro atoms. The molecule has 1 amide bonds. The number of methoxy groups -OCH3 is 1. The van der Waals surface area contributed by atoms with Crippen molar-refractivity contribution in [2.24, 2.45) is 0 Å². The minimum absolute atomic E-state index is 0.0682. The monoisotopic (exact) mass is 389 g/mol. The molecule has 0 atom stereocenters. The summed E-state index contributed by atoms with van der Waals surface area (Å²) in [6, 6.07) is 3.44. The average molecular weight is 389 g/mol. The summed E-state index contributed by atoms with van der Waals surface area (Å²) in [5, 5.41) is 4.36. The van der Waals surface area contributed by atoms with E-state index in [1.807, 2.05) is 4.90 Å². The molecule has 8 heteroatoms. The number of likely N-dealkylation sites (tertiary alicyclic amines) is 1. The van der Waals surface area contributed by atoms with Gasteiger partial charge in [-0.3, -0.25) is 4.79 Å². The maximum atomic E-state index is 12.6. The summed E-state index contributed by atoms with van der Waals surface area (Å²) in [6.45, 7) is 3.35. The van der Waals surface area contributed by atoms with E-state index in [1.54, 1.807) is 19.2 Å². The van der Waals surface area contributed by atoms with Crippen molar-refractivity contribution >= 4 is 5.91 Å². The Balaban J connectivity index is 1.48. The van der Waals surface area contributed by atoms with Crippen LogP contribution >= 0.6 is 0 Å². The number of ether oxygens (including phenoxy) is 2. The summed E-state index contributed by atoms with van der Waals surface area (Å²) in [5.74, 6) is 2.04. The summed E-state index contributed by atoms with van der Waals surface area (Å²) in [5.41, 5.74) is -0.233. The lowest BCUT2D eigenvalue weighted by Gasteiger charge is -2.39. The molecular weight excluding hydrogens is 362 g/mol. The molecule has 4 heterocycles. The van der Waals surface area contributed by atoms with Crippen LogP contribution in [0, 0.1) is 0 Å². The topological polar surface area (TPSA) is 90.8 Å². The normalized spacial score (nSPS) is 20.4. The van der Waals surface area contributed by atoms with Gasteiger partial charge in [-0.1, -0.05) is 5.16 Å². The number of hydrogen-bond acceptors (Lipinski definition) is 7. The molecule has 2 fully saturated rings. The standard InChI is InChI=1S/C20H27N3O5/c1-25-14-8-20(19-21-17(28-22-19)15-4-12-26-13-5-15)6-9-23(10-7-20)18(24)16-3-2-11-27-16/h2-3,11,15H,4-10,12-14H2,1H3. The molecule has 0 bridgehead atoms. The van der Waals surface area contributed by atoms with Gasteiger partial charge in [0.2, 0.25) is 5.89 Å². The molecule has 0 aromatic carbocycles. The van der Waals surface area contributed by atoms with E-state index in [9.17, 15) is 4.79 Å². The Bertz CT molecular complexity index is 759. The van der Waals surface area contributed by atoms with Crippen LogP contribution in [0.2, 0.25) is 0 Å². The van der Waals surface area contributed by atoms with Gasteiger partial charge in [-0.25, -0.2) is 0 Å². The number of carbonyl (C=O) groups is 1. The molecule has 4 rings (SSSR count). The smallest absolute Gasteiger partial charge is 0.289 e. The van der Waals surface area contributed by atoms with Crippen molar-refractivity contribution < 1.29 is 23.2 Å². The maximum Gasteiger partial charge on any atom is 0.289 e. The first-order valence-electron chi connectivity index (χ1n) is 9.95. The van der Waals surface area contributed by atoms with E-state index in [-0.39, 0.29) is 17.2 Å². The summed E-state index contributed by atoms with van der Waals surface area (Å²) in [4.78, 5) is 19.2. The van der Waals surface area contributed by atoms with E-state index in [4.69, 9.17) is 23.4 Å². The highest BCUT2D eigenvalue weighted by Crippen LogP contribution is 2.38. The van der Waals surface area contributed by atoms with Crippen LogP contribution in [0.3, 0.4) is 0 Å². The lowest BCUT2D eigenvalue weighted by Crippen LogP contribution is -2.46. The average Bonchev–Trinajstić information content (AvgIpc) is 3.45. The Morgan fingerprint density at radius 1 is 1.32 bits per heavy atom.